The van der Waals surface area contributed by atoms with Gasteiger partial charge in [0.25, 0.3) is 0 Å². The summed E-state index contributed by atoms with van der Waals surface area (Å²) in [6.07, 6.45) is 2.15. The molecule has 66 valence electrons. The van der Waals surface area contributed by atoms with E-state index in [2.05, 4.69) is 4.98 Å². The molecule has 0 saturated carbocycles. The highest BCUT2D eigenvalue weighted by molar-refractivity contribution is 5.77. The Balaban J connectivity index is 2.58. The second-order valence-corrected chi connectivity index (χ2v) is 2.58. The molecule has 1 heterocycles. The number of carbonyl (C=O) groups is 1. The fraction of sp³-hybridized carbons (Fsp3) is 0.500. The number of Topliss-reactive ketones (excluding diaryl/α,β-unsaturated/α-hetero) is 1. The molecule has 0 unspecified atom stereocenters. The molecule has 4 nitrogen and oxygen atoms in total. The van der Waals surface area contributed by atoms with Crippen molar-refractivity contribution < 1.29 is 14.3 Å². The third-order valence-electron chi connectivity index (χ3n) is 1.36. The van der Waals surface area contributed by atoms with Crippen LogP contribution in [0.1, 0.15) is 18.5 Å². The molecule has 0 aliphatic rings. The van der Waals surface area contributed by atoms with Gasteiger partial charge in [0.05, 0.1) is 18.7 Å². The molecule has 0 amide bonds. The predicted molar refractivity (Wildman–Crippen MR) is 41.7 cm³/mol. The number of carbonyl (C=O) groups excluding carboxylic acids is 1. The summed E-state index contributed by atoms with van der Waals surface area (Å²) in [7, 11) is 0. The first kappa shape index (κ1) is 8.93. The van der Waals surface area contributed by atoms with E-state index < -0.39 is 0 Å². The lowest BCUT2D eigenvalue weighted by molar-refractivity contribution is -0.116. The molecule has 0 aliphatic heterocycles. The number of nitrogens with zero attached hydrogens (tertiary/aromatic N) is 1. The van der Waals surface area contributed by atoms with Gasteiger partial charge in [0.1, 0.15) is 12.0 Å². The molecule has 1 rings (SSSR count). The van der Waals surface area contributed by atoms with E-state index in [0.717, 1.165) is 0 Å². The topological polar surface area (TPSA) is 63.3 Å². The van der Waals surface area contributed by atoms with Crippen LogP contribution in [0.4, 0.5) is 0 Å². The summed E-state index contributed by atoms with van der Waals surface area (Å²) in [4.78, 5) is 14.6. The van der Waals surface area contributed by atoms with Crippen molar-refractivity contribution in [3.63, 3.8) is 0 Å². The van der Waals surface area contributed by atoms with Gasteiger partial charge in [-0.25, -0.2) is 4.98 Å². The van der Waals surface area contributed by atoms with Crippen molar-refractivity contribution in [2.24, 2.45) is 0 Å². The van der Waals surface area contributed by atoms with Gasteiger partial charge in [0.2, 0.25) is 0 Å². The summed E-state index contributed by atoms with van der Waals surface area (Å²) >= 11 is 0. The molecule has 1 aromatic rings. The van der Waals surface area contributed by atoms with Gasteiger partial charge in [-0.3, -0.25) is 4.79 Å². The molecule has 0 radical (unpaired) electrons. The largest absolute Gasteiger partial charge is 0.449 e. The third-order valence-corrected chi connectivity index (χ3v) is 1.36. The maximum Gasteiger partial charge on any atom is 0.196 e. The molecule has 1 aromatic heterocycles. The Morgan fingerprint density at radius 3 is 3.08 bits per heavy atom. The van der Waals surface area contributed by atoms with Crippen molar-refractivity contribution in [1.82, 2.24) is 4.98 Å². The minimum absolute atomic E-state index is 0.0139. The number of aliphatic hydroxyl groups is 1. The van der Waals surface area contributed by atoms with E-state index in [0.29, 0.717) is 24.4 Å². The number of rotatable bonds is 4. The first-order valence-corrected chi connectivity index (χ1v) is 3.76. The van der Waals surface area contributed by atoms with Gasteiger partial charge in [-0.15, -0.1) is 0 Å². The lowest BCUT2D eigenvalue weighted by atomic mass is 10.2. The minimum atomic E-state index is 0.0139. The fourth-order valence-corrected chi connectivity index (χ4v) is 0.896. The Morgan fingerprint density at radius 2 is 2.50 bits per heavy atom. The van der Waals surface area contributed by atoms with Crippen molar-refractivity contribution in [3.05, 3.63) is 17.8 Å². The summed E-state index contributed by atoms with van der Waals surface area (Å²) < 4.78 is 4.98. The zero-order valence-corrected chi connectivity index (χ0v) is 6.91. The van der Waals surface area contributed by atoms with Crippen LogP contribution in [0.25, 0.3) is 0 Å². The quantitative estimate of drug-likeness (QED) is 0.706. The molecule has 0 fully saturated rings. The normalized spacial score (nSPS) is 10.2. The van der Waals surface area contributed by atoms with Gasteiger partial charge >= 0.3 is 0 Å². The summed E-state index contributed by atoms with van der Waals surface area (Å²) in [6, 6.07) is 0. The first-order valence-electron chi connectivity index (χ1n) is 3.76. The Bertz CT molecular complexity index is 267. The molecule has 1 N–H and O–H groups in total. The lowest BCUT2D eigenvalue weighted by Gasteiger charge is -1.87. The molecule has 0 spiro atoms. The molecule has 0 saturated heterocycles. The van der Waals surface area contributed by atoms with E-state index >= 15 is 0 Å². The van der Waals surface area contributed by atoms with Crippen LogP contribution in [0.3, 0.4) is 0 Å². The standard InChI is InChI=1S/C8H11NO3/c1-6(11)4-7-5-12-8(9-7)2-3-10/h5,10H,2-4H2,1H3. The summed E-state index contributed by atoms with van der Waals surface area (Å²) in [5.74, 6) is 0.535. The monoisotopic (exact) mass is 169 g/mol. The van der Waals surface area contributed by atoms with Crippen LogP contribution in [0, 0.1) is 0 Å². The number of ketones is 1. The van der Waals surface area contributed by atoms with Crippen molar-refractivity contribution in [3.8, 4) is 0 Å². The smallest absolute Gasteiger partial charge is 0.196 e. The van der Waals surface area contributed by atoms with Crippen molar-refractivity contribution >= 4 is 5.78 Å². The van der Waals surface area contributed by atoms with Crippen LogP contribution >= 0.6 is 0 Å². The Labute approximate surface area is 70.2 Å². The second-order valence-electron chi connectivity index (χ2n) is 2.58. The lowest BCUT2D eigenvalue weighted by Crippen LogP contribution is -1.97. The number of aliphatic hydroxyl groups excluding tert-OH is 1. The highest BCUT2D eigenvalue weighted by Crippen LogP contribution is 2.03. The van der Waals surface area contributed by atoms with Crippen molar-refractivity contribution in [2.45, 2.75) is 19.8 Å². The minimum Gasteiger partial charge on any atom is -0.449 e. The molecule has 0 aromatic carbocycles. The van der Waals surface area contributed by atoms with Crippen LogP contribution in [-0.2, 0) is 17.6 Å². The van der Waals surface area contributed by atoms with Gasteiger partial charge in [0, 0.05) is 6.42 Å². The van der Waals surface area contributed by atoms with Crippen LogP contribution in [0.2, 0.25) is 0 Å². The van der Waals surface area contributed by atoms with Crippen LogP contribution in [0.5, 0.6) is 0 Å². The summed E-state index contributed by atoms with van der Waals surface area (Å²) in [6.45, 7) is 1.51. The molecular formula is C8H11NO3. The van der Waals surface area contributed by atoms with Crippen molar-refractivity contribution in [1.29, 1.82) is 0 Å². The van der Waals surface area contributed by atoms with E-state index in [1.54, 1.807) is 0 Å². The zero-order valence-electron chi connectivity index (χ0n) is 6.91. The number of oxazole rings is 1. The average Bonchev–Trinajstić information content (AvgIpc) is 2.36. The third kappa shape index (κ3) is 2.47. The first-order chi connectivity index (χ1) is 5.72. The van der Waals surface area contributed by atoms with Gasteiger partial charge in [0.15, 0.2) is 5.89 Å². The van der Waals surface area contributed by atoms with E-state index in [-0.39, 0.29) is 12.4 Å². The van der Waals surface area contributed by atoms with Gasteiger partial charge in [-0.2, -0.15) is 0 Å². The fourth-order valence-electron chi connectivity index (χ4n) is 0.896. The molecule has 0 aliphatic carbocycles. The highest BCUT2D eigenvalue weighted by atomic mass is 16.3. The predicted octanol–water partition coefficient (Wildman–Crippen LogP) is 0.341. The van der Waals surface area contributed by atoms with Crippen LogP contribution in [-0.4, -0.2) is 22.5 Å². The number of hydrogen-bond donors (Lipinski definition) is 1. The van der Waals surface area contributed by atoms with Gasteiger partial charge < -0.3 is 9.52 Å². The van der Waals surface area contributed by atoms with Crippen LogP contribution in [0.15, 0.2) is 10.7 Å². The second kappa shape index (κ2) is 4.01. The molecule has 12 heavy (non-hydrogen) atoms. The van der Waals surface area contributed by atoms with E-state index in [9.17, 15) is 4.79 Å². The number of aromatic nitrogens is 1. The number of hydrogen-bond acceptors (Lipinski definition) is 4. The molecule has 0 atom stereocenters. The molecule has 0 bridgehead atoms. The van der Waals surface area contributed by atoms with Crippen LogP contribution < -0.4 is 0 Å². The van der Waals surface area contributed by atoms with E-state index in [1.807, 2.05) is 0 Å². The van der Waals surface area contributed by atoms with Gasteiger partial charge in [-0.1, -0.05) is 0 Å². The van der Waals surface area contributed by atoms with Gasteiger partial charge in [-0.05, 0) is 6.92 Å². The maximum atomic E-state index is 10.6. The molecule has 4 heteroatoms. The van der Waals surface area contributed by atoms with E-state index in [1.165, 1.54) is 13.2 Å². The Hall–Kier alpha value is -1.16. The van der Waals surface area contributed by atoms with E-state index in [4.69, 9.17) is 9.52 Å². The maximum absolute atomic E-state index is 10.6. The highest BCUT2D eigenvalue weighted by Gasteiger charge is 2.04. The molecular weight excluding hydrogens is 158 g/mol. The van der Waals surface area contributed by atoms with Crippen molar-refractivity contribution in [2.75, 3.05) is 6.61 Å². The Morgan fingerprint density at radius 1 is 1.75 bits per heavy atom. The average molecular weight is 169 g/mol. The summed E-state index contributed by atoms with van der Waals surface area (Å²) in [5, 5.41) is 8.54. The zero-order chi connectivity index (χ0) is 8.97. The SMILES string of the molecule is CC(=O)Cc1coc(CCO)n1. The Kier molecular flexibility index (Phi) is 2.99. The summed E-state index contributed by atoms with van der Waals surface area (Å²) in [5.41, 5.74) is 0.631.